The van der Waals surface area contributed by atoms with Gasteiger partial charge < -0.3 is 4.74 Å². The summed E-state index contributed by atoms with van der Waals surface area (Å²) in [6, 6.07) is 7.63. The van der Waals surface area contributed by atoms with Gasteiger partial charge in [0.05, 0.1) is 18.1 Å². The Labute approximate surface area is 109 Å². The molecule has 0 N–H and O–H groups in total. The van der Waals surface area contributed by atoms with Gasteiger partial charge in [0.15, 0.2) is 0 Å². The van der Waals surface area contributed by atoms with Gasteiger partial charge in [-0.2, -0.15) is 0 Å². The molecule has 0 amide bonds. The maximum atomic E-state index is 5.87. The Hall–Kier alpha value is 0.240. The molecule has 1 atom stereocenters. The maximum Gasteiger partial charge on any atom is 0.0890 e. The summed E-state index contributed by atoms with van der Waals surface area (Å²) >= 11 is 15.1. The van der Waals surface area contributed by atoms with E-state index in [2.05, 4.69) is 15.9 Å². The monoisotopic (exact) mass is 310 g/mol. The van der Waals surface area contributed by atoms with E-state index in [1.807, 2.05) is 31.2 Å². The van der Waals surface area contributed by atoms with Gasteiger partial charge >= 0.3 is 0 Å². The van der Waals surface area contributed by atoms with Crippen LogP contribution >= 0.6 is 39.1 Å². The highest BCUT2D eigenvalue weighted by Crippen LogP contribution is 2.19. The lowest BCUT2D eigenvalue weighted by atomic mass is 10.2. The van der Waals surface area contributed by atoms with Crippen LogP contribution in [0.1, 0.15) is 12.5 Å². The maximum absolute atomic E-state index is 5.87. The number of hydrogen-bond donors (Lipinski definition) is 0. The summed E-state index contributed by atoms with van der Waals surface area (Å²) in [5.74, 6) is 0.457. The fourth-order valence-electron chi connectivity index (χ4n) is 0.997. The largest absolute Gasteiger partial charge is 0.368 e. The van der Waals surface area contributed by atoms with Crippen molar-refractivity contribution in [3.63, 3.8) is 0 Å². The smallest absolute Gasteiger partial charge is 0.0890 e. The van der Waals surface area contributed by atoms with Crippen molar-refractivity contribution in [2.45, 2.75) is 19.1 Å². The minimum absolute atomic E-state index is 0.329. The number of benzene rings is 1. The van der Waals surface area contributed by atoms with Crippen LogP contribution < -0.4 is 0 Å². The third-order valence-electron chi connectivity index (χ3n) is 2.04. The van der Waals surface area contributed by atoms with Crippen LogP contribution in [0.3, 0.4) is 0 Å². The van der Waals surface area contributed by atoms with Crippen LogP contribution in [0, 0.1) is 0 Å². The highest BCUT2D eigenvalue weighted by Gasteiger charge is 2.22. The predicted molar refractivity (Wildman–Crippen MR) is 69.2 cm³/mol. The SMILES string of the molecule is CC(CCl)(CBr)OCc1cccc(Cl)c1. The molecular formula is C11H13BrCl2O. The first-order valence-corrected chi connectivity index (χ1v) is 6.63. The van der Waals surface area contributed by atoms with Gasteiger partial charge in [-0.05, 0) is 24.6 Å². The summed E-state index contributed by atoms with van der Waals surface area (Å²) in [6.07, 6.45) is 0. The summed E-state index contributed by atoms with van der Waals surface area (Å²) in [4.78, 5) is 0. The Morgan fingerprint density at radius 3 is 2.73 bits per heavy atom. The Bertz CT molecular complexity index is 313. The van der Waals surface area contributed by atoms with E-state index in [0.717, 1.165) is 10.6 Å². The zero-order valence-corrected chi connectivity index (χ0v) is 11.6. The zero-order chi connectivity index (χ0) is 11.3. The topological polar surface area (TPSA) is 9.23 Å². The molecule has 0 aliphatic rings. The Morgan fingerprint density at radius 1 is 1.47 bits per heavy atom. The molecule has 1 unspecified atom stereocenters. The molecule has 0 radical (unpaired) electrons. The third-order valence-corrected chi connectivity index (χ3v) is 4.03. The van der Waals surface area contributed by atoms with Crippen molar-refractivity contribution in [1.82, 2.24) is 0 Å². The van der Waals surface area contributed by atoms with Crippen molar-refractivity contribution in [2.75, 3.05) is 11.2 Å². The van der Waals surface area contributed by atoms with Crippen molar-refractivity contribution >= 4 is 39.1 Å². The first-order chi connectivity index (χ1) is 7.09. The second-order valence-electron chi connectivity index (χ2n) is 3.64. The summed E-state index contributed by atoms with van der Waals surface area (Å²) in [6.45, 7) is 2.49. The second-order valence-corrected chi connectivity index (χ2v) is 4.90. The Kier molecular flexibility index (Phi) is 5.41. The molecule has 0 spiro atoms. The van der Waals surface area contributed by atoms with Gasteiger partial charge in [0.1, 0.15) is 0 Å². The average Bonchev–Trinajstić information content (AvgIpc) is 2.26. The van der Waals surface area contributed by atoms with Crippen LogP contribution in [0.5, 0.6) is 0 Å². The number of hydrogen-bond acceptors (Lipinski definition) is 1. The van der Waals surface area contributed by atoms with E-state index < -0.39 is 0 Å². The number of rotatable bonds is 5. The number of ether oxygens (including phenoxy) is 1. The first-order valence-electron chi connectivity index (χ1n) is 4.60. The Balaban J connectivity index is 2.56. The van der Waals surface area contributed by atoms with Gasteiger partial charge in [-0.3, -0.25) is 0 Å². The fraction of sp³-hybridized carbons (Fsp3) is 0.455. The molecule has 0 aliphatic heterocycles. The van der Waals surface area contributed by atoms with Gasteiger partial charge in [0.25, 0.3) is 0 Å². The van der Waals surface area contributed by atoms with E-state index in [4.69, 9.17) is 27.9 Å². The molecule has 15 heavy (non-hydrogen) atoms. The summed E-state index contributed by atoms with van der Waals surface area (Å²) in [7, 11) is 0. The van der Waals surface area contributed by atoms with E-state index in [9.17, 15) is 0 Å². The lowest BCUT2D eigenvalue weighted by Crippen LogP contribution is -2.32. The molecule has 0 saturated heterocycles. The van der Waals surface area contributed by atoms with Gasteiger partial charge in [0.2, 0.25) is 0 Å². The average molecular weight is 312 g/mol. The number of alkyl halides is 2. The highest BCUT2D eigenvalue weighted by molar-refractivity contribution is 9.09. The van der Waals surface area contributed by atoms with Crippen molar-refractivity contribution in [3.05, 3.63) is 34.9 Å². The second kappa shape index (κ2) is 6.09. The van der Waals surface area contributed by atoms with Gasteiger partial charge in [0, 0.05) is 10.4 Å². The number of halogens is 3. The van der Waals surface area contributed by atoms with E-state index in [0.29, 0.717) is 17.8 Å². The molecule has 0 aliphatic carbocycles. The molecule has 1 aromatic carbocycles. The molecule has 1 aromatic rings. The zero-order valence-electron chi connectivity index (χ0n) is 8.47. The molecule has 0 fully saturated rings. The minimum Gasteiger partial charge on any atom is -0.368 e. The van der Waals surface area contributed by atoms with Crippen molar-refractivity contribution < 1.29 is 4.74 Å². The molecule has 1 rings (SSSR count). The molecule has 0 heterocycles. The third kappa shape index (κ3) is 4.31. The molecule has 1 nitrogen and oxygen atoms in total. The van der Waals surface area contributed by atoms with Crippen molar-refractivity contribution in [3.8, 4) is 0 Å². The van der Waals surface area contributed by atoms with Crippen LogP contribution in [-0.4, -0.2) is 16.8 Å². The van der Waals surface area contributed by atoms with E-state index in [-0.39, 0.29) is 5.60 Å². The molecule has 84 valence electrons. The minimum atomic E-state index is -0.329. The first kappa shape index (κ1) is 13.3. The molecule has 0 saturated carbocycles. The fourth-order valence-corrected chi connectivity index (χ4v) is 1.97. The van der Waals surface area contributed by atoms with Crippen LogP contribution in [0.25, 0.3) is 0 Å². The van der Waals surface area contributed by atoms with Crippen LogP contribution in [0.15, 0.2) is 24.3 Å². The quantitative estimate of drug-likeness (QED) is 0.739. The van der Waals surface area contributed by atoms with E-state index >= 15 is 0 Å². The van der Waals surface area contributed by atoms with Gasteiger partial charge in [-0.1, -0.05) is 39.7 Å². The molecule has 0 aromatic heterocycles. The molecular weight excluding hydrogens is 299 g/mol. The molecule has 0 bridgehead atoms. The molecule has 4 heteroatoms. The summed E-state index contributed by atoms with van der Waals surface area (Å²) in [5.41, 5.74) is 0.726. The van der Waals surface area contributed by atoms with E-state index in [1.54, 1.807) is 0 Å². The standard InChI is InChI=1S/C11H13BrCl2O/c1-11(7-12,8-13)15-6-9-3-2-4-10(14)5-9/h2-5H,6-8H2,1H3. The lowest BCUT2D eigenvalue weighted by molar-refractivity contribution is -0.00767. The highest BCUT2D eigenvalue weighted by atomic mass is 79.9. The van der Waals surface area contributed by atoms with Gasteiger partial charge in [-0.25, -0.2) is 0 Å². The summed E-state index contributed by atoms with van der Waals surface area (Å²) < 4.78 is 5.73. The normalized spacial score (nSPS) is 14.9. The lowest BCUT2D eigenvalue weighted by Gasteiger charge is -2.25. The van der Waals surface area contributed by atoms with Crippen LogP contribution in [0.4, 0.5) is 0 Å². The predicted octanol–water partition coefficient (Wildman–Crippen LogP) is 4.25. The van der Waals surface area contributed by atoms with E-state index in [1.165, 1.54) is 0 Å². The van der Waals surface area contributed by atoms with Crippen LogP contribution in [-0.2, 0) is 11.3 Å². The summed E-state index contributed by atoms with van der Waals surface area (Å²) in [5, 5.41) is 1.44. The van der Waals surface area contributed by atoms with Gasteiger partial charge in [-0.15, -0.1) is 11.6 Å². The van der Waals surface area contributed by atoms with Crippen molar-refractivity contribution in [2.24, 2.45) is 0 Å². The van der Waals surface area contributed by atoms with Crippen molar-refractivity contribution in [1.29, 1.82) is 0 Å². The Morgan fingerprint density at radius 2 is 2.20 bits per heavy atom. The van der Waals surface area contributed by atoms with Crippen LogP contribution in [0.2, 0.25) is 5.02 Å².